The predicted molar refractivity (Wildman–Crippen MR) is 52.9 cm³/mol. The van der Waals surface area contributed by atoms with Gasteiger partial charge in [-0.05, 0) is 30.9 Å². The molecule has 1 aliphatic carbocycles. The van der Waals surface area contributed by atoms with Crippen LogP contribution in [0.3, 0.4) is 0 Å². The minimum Gasteiger partial charge on any atom is -0.349 e. The molecule has 2 nitrogen and oxygen atoms in total. The molecule has 13 heavy (non-hydrogen) atoms. The average Bonchev–Trinajstić information content (AvgIpc) is 2.01. The van der Waals surface area contributed by atoms with Crippen LogP contribution in [0, 0.1) is 16.0 Å². The Hall–Kier alpha value is -1.14. The standard InChI is InChI=1S/C10H10N2S/c11-6-8-4-5-9(12-10(8)13)7-2-1-3-7/h4-5,7H,1-3H2,(H,12,13). The predicted octanol–water partition coefficient (Wildman–Crippen LogP) is 2.88. The fraction of sp³-hybridized carbons (Fsp3) is 0.400. The SMILES string of the molecule is N#Cc1ccc(C2CCC2)[nH]c1=S. The van der Waals surface area contributed by atoms with E-state index in [1.54, 1.807) is 0 Å². The fourth-order valence-electron chi connectivity index (χ4n) is 1.53. The Labute approximate surface area is 82.2 Å². The number of H-pyrrole nitrogens is 1. The second-order valence-corrected chi connectivity index (χ2v) is 3.80. The zero-order valence-electron chi connectivity index (χ0n) is 7.21. The number of hydrogen-bond donors (Lipinski definition) is 1. The van der Waals surface area contributed by atoms with E-state index >= 15 is 0 Å². The molecule has 0 unspecified atom stereocenters. The maximum absolute atomic E-state index is 8.68. The summed E-state index contributed by atoms with van der Waals surface area (Å²) in [4.78, 5) is 3.12. The molecule has 66 valence electrons. The van der Waals surface area contributed by atoms with Crippen LogP contribution in [0.5, 0.6) is 0 Å². The van der Waals surface area contributed by atoms with E-state index in [1.165, 1.54) is 25.0 Å². The van der Waals surface area contributed by atoms with Gasteiger partial charge in [-0.2, -0.15) is 5.26 Å². The summed E-state index contributed by atoms with van der Waals surface area (Å²) >= 11 is 5.05. The van der Waals surface area contributed by atoms with Crippen LogP contribution < -0.4 is 0 Å². The van der Waals surface area contributed by atoms with Crippen LogP contribution in [0.15, 0.2) is 12.1 Å². The molecule has 1 aromatic rings. The lowest BCUT2D eigenvalue weighted by Crippen LogP contribution is -2.10. The molecule has 1 fully saturated rings. The molecule has 0 aromatic carbocycles. The molecule has 0 radical (unpaired) electrons. The van der Waals surface area contributed by atoms with Gasteiger partial charge in [0.25, 0.3) is 0 Å². The van der Waals surface area contributed by atoms with Gasteiger partial charge >= 0.3 is 0 Å². The third-order valence-electron chi connectivity index (χ3n) is 2.60. The Kier molecular flexibility index (Phi) is 2.15. The zero-order chi connectivity index (χ0) is 9.26. The van der Waals surface area contributed by atoms with E-state index < -0.39 is 0 Å². The van der Waals surface area contributed by atoms with Gasteiger partial charge in [0, 0.05) is 5.69 Å². The third-order valence-corrected chi connectivity index (χ3v) is 2.92. The summed E-state index contributed by atoms with van der Waals surface area (Å²) in [6.07, 6.45) is 3.81. The molecule has 0 spiro atoms. The van der Waals surface area contributed by atoms with Crippen LogP contribution in [-0.2, 0) is 0 Å². The smallest absolute Gasteiger partial charge is 0.121 e. The van der Waals surface area contributed by atoms with Crippen LogP contribution in [0.4, 0.5) is 0 Å². The second kappa shape index (κ2) is 3.31. The van der Waals surface area contributed by atoms with Crippen LogP contribution in [0.2, 0.25) is 0 Å². The number of nitrogens with zero attached hydrogens (tertiary/aromatic N) is 1. The fourth-order valence-corrected chi connectivity index (χ4v) is 1.77. The molecule has 1 heterocycles. The van der Waals surface area contributed by atoms with E-state index in [0.29, 0.717) is 16.1 Å². The molecule has 3 heteroatoms. The minimum atomic E-state index is 0.568. The summed E-state index contributed by atoms with van der Waals surface area (Å²) in [6.45, 7) is 0. The van der Waals surface area contributed by atoms with E-state index in [0.717, 1.165) is 0 Å². The third kappa shape index (κ3) is 1.50. The van der Waals surface area contributed by atoms with Crippen molar-refractivity contribution in [1.29, 1.82) is 5.26 Å². The first-order valence-electron chi connectivity index (χ1n) is 4.44. The van der Waals surface area contributed by atoms with Crippen molar-refractivity contribution in [1.82, 2.24) is 4.98 Å². The van der Waals surface area contributed by atoms with Crippen LogP contribution >= 0.6 is 12.2 Å². The first kappa shape index (κ1) is 8.46. The molecule has 0 bridgehead atoms. The van der Waals surface area contributed by atoms with Crippen LogP contribution in [-0.4, -0.2) is 4.98 Å². The lowest BCUT2D eigenvalue weighted by Gasteiger charge is -2.25. The number of nitrogens with one attached hydrogen (secondary N) is 1. The van der Waals surface area contributed by atoms with Gasteiger partial charge in [0.15, 0.2) is 0 Å². The number of rotatable bonds is 1. The van der Waals surface area contributed by atoms with Crippen molar-refractivity contribution in [2.45, 2.75) is 25.2 Å². The summed E-state index contributed by atoms with van der Waals surface area (Å²) in [5.41, 5.74) is 1.76. The second-order valence-electron chi connectivity index (χ2n) is 3.40. The molecule has 0 saturated heterocycles. The lowest BCUT2D eigenvalue weighted by molar-refractivity contribution is 0.411. The Balaban J connectivity index is 2.36. The average molecular weight is 190 g/mol. The Bertz CT molecular complexity index is 410. The summed E-state index contributed by atoms with van der Waals surface area (Å²) in [7, 11) is 0. The van der Waals surface area contributed by atoms with E-state index in [9.17, 15) is 0 Å². The molecule has 1 saturated carbocycles. The molecule has 0 atom stereocenters. The van der Waals surface area contributed by atoms with Gasteiger partial charge in [0.1, 0.15) is 10.7 Å². The number of aromatic amines is 1. The van der Waals surface area contributed by atoms with Crippen molar-refractivity contribution in [2.75, 3.05) is 0 Å². The zero-order valence-corrected chi connectivity index (χ0v) is 8.03. The van der Waals surface area contributed by atoms with Crippen molar-refractivity contribution >= 4 is 12.2 Å². The van der Waals surface area contributed by atoms with Crippen molar-refractivity contribution in [2.24, 2.45) is 0 Å². The summed E-state index contributed by atoms with van der Waals surface area (Å²) in [5.74, 6) is 0.648. The Morgan fingerprint density at radius 3 is 2.69 bits per heavy atom. The molecular formula is C10H10N2S. The molecule has 2 rings (SSSR count). The highest BCUT2D eigenvalue weighted by Gasteiger charge is 2.19. The van der Waals surface area contributed by atoms with E-state index in [2.05, 4.69) is 11.1 Å². The summed E-state index contributed by atoms with van der Waals surface area (Å²) < 4.78 is 0.576. The number of aromatic nitrogens is 1. The minimum absolute atomic E-state index is 0.568. The Morgan fingerprint density at radius 2 is 2.23 bits per heavy atom. The van der Waals surface area contributed by atoms with Gasteiger partial charge in [-0.25, -0.2) is 0 Å². The first-order valence-corrected chi connectivity index (χ1v) is 4.85. The number of pyridine rings is 1. The van der Waals surface area contributed by atoms with E-state index in [1.807, 2.05) is 12.1 Å². The van der Waals surface area contributed by atoms with Crippen LogP contribution in [0.1, 0.15) is 36.4 Å². The Morgan fingerprint density at radius 1 is 1.46 bits per heavy atom. The largest absolute Gasteiger partial charge is 0.349 e. The molecule has 0 amide bonds. The van der Waals surface area contributed by atoms with Gasteiger partial charge in [0.2, 0.25) is 0 Å². The molecule has 1 aliphatic rings. The monoisotopic (exact) mass is 190 g/mol. The highest BCUT2D eigenvalue weighted by atomic mass is 32.1. The van der Waals surface area contributed by atoms with Crippen LogP contribution in [0.25, 0.3) is 0 Å². The quantitative estimate of drug-likeness (QED) is 0.691. The molecule has 1 N–H and O–H groups in total. The maximum atomic E-state index is 8.68. The van der Waals surface area contributed by atoms with Crippen molar-refractivity contribution in [3.8, 4) is 6.07 Å². The lowest BCUT2D eigenvalue weighted by atomic mass is 9.82. The topological polar surface area (TPSA) is 39.6 Å². The number of nitriles is 1. The summed E-state index contributed by atoms with van der Waals surface area (Å²) in [6, 6.07) is 5.86. The summed E-state index contributed by atoms with van der Waals surface area (Å²) in [5, 5.41) is 8.68. The highest BCUT2D eigenvalue weighted by molar-refractivity contribution is 7.71. The number of hydrogen-bond acceptors (Lipinski definition) is 2. The maximum Gasteiger partial charge on any atom is 0.121 e. The van der Waals surface area contributed by atoms with Gasteiger partial charge < -0.3 is 4.98 Å². The van der Waals surface area contributed by atoms with Gasteiger partial charge in [-0.15, -0.1) is 0 Å². The van der Waals surface area contributed by atoms with Crippen molar-refractivity contribution in [3.63, 3.8) is 0 Å². The van der Waals surface area contributed by atoms with Crippen molar-refractivity contribution < 1.29 is 0 Å². The molecule has 0 aliphatic heterocycles. The van der Waals surface area contributed by atoms with Gasteiger partial charge in [-0.3, -0.25) is 0 Å². The van der Waals surface area contributed by atoms with Crippen molar-refractivity contribution in [3.05, 3.63) is 28.0 Å². The first-order chi connectivity index (χ1) is 6.31. The highest BCUT2D eigenvalue weighted by Crippen LogP contribution is 2.35. The molecular weight excluding hydrogens is 180 g/mol. The normalized spacial score (nSPS) is 16.2. The van der Waals surface area contributed by atoms with E-state index in [-0.39, 0.29) is 0 Å². The van der Waals surface area contributed by atoms with E-state index in [4.69, 9.17) is 17.5 Å². The molecule has 1 aromatic heterocycles. The van der Waals surface area contributed by atoms with Gasteiger partial charge in [-0.1, -0.05) is 18.6 Å². The van der Waals surface area contributed by atoms with Gasteiger partial charge in [0.05, 0.1) is 5.56 Å².